The molecule has 280 valence electrons. The smallest absolute Gasteiger partial charge is 0.273 e. The second kappa shape index (κ2) is 20.5. The molecular formula is C37H50FN9O5. The van der Waals surface area contributed by atoms with Gasteiger partial charge in [-0.2, -0.15) is 0 Å². The van der Waals surface area contributed by atoms with Gasteiger partial charge in [-0.3, -0.25) is 24.2 Å². The SMILES string of the molecule is NCCC(=O)N[C@@H](Cc1ccc(F)cc1)c1nc(C(=O)N[C@@H](CC2CCCCC2)C(=O)N[C@@H](CCCN=C(N)N)C(=O)NCc2ccccc2)co1. The molecule has 3 atom stereocenters. The molecular weight excluding hydrogens is 669 g/mol. The van der Waals surface area contributed by atoms with E-state index >= 15 is 0 Å². The Morgan fingerprint density at radius 2 is 1.63 bits per heavy atom. The van der Waals surface area contributed by atoms with E-state index in [1.54, 1.807) is 12.1 Å². The van der Waals surface area contributed by atoms with Gasteiger partial charge in [-0.1, -0.05) is 74.6 Å². The molecule has 2 aromatic carbocycles. The highest BCUT2D eigenvalue weighted by atomic mass is 19.1. The Labute approximate surface area is 303 Å². The van der Waals surface area contributed by atoms with Crippen molar-refractivity contribution in [3.8, 4) is 0 Å². The molecule has 1 aromatic heterocycles. The van der Waals surface area contributed by atoms with Crippen LogP contribution < -0.4 is 38.5 Å². The number of hydrogen-bond donors (Lipinski definition) is 7. The van der Waals surface area contributed by atoms with Gasteiger partial charge < -0.3 is 42.9 Å². The average Bonchev–Trinajstić information content (AvgIpc) is 3.64. The number of nitrogens with two attached hydrogens (primary N) is 3. The summed E-state index contributed by atoms with van der Waals surface area (Å²) >= 11 is 0. The molecule has 1 aliphatic carbocycles. The van der Waals surface area contributed by atoms with Gasteiger partial charge in [0.2, 0.25) is 23.6 Å². The first-order valence-corrected chi connectivity index (χ1v) is 17.8. The number of nitrogens with zero attached hydrogens (tertiary/aromatic N) is 2. The first-order chi connectivity index (χ1) is 25.1. The minimum atomic E-state index is -0.975. The maximum atomic E-state index is 13.9. The quantitative estimate of drug-likeness (QED) is 0.0547. The van der Waals surface area contributed by atoms with Crippen molar-refractivity contribution in [2.24, 2.45) is 28.1 Å². The Balaban J connectivity index is 1.50. The number of rotatable bonds is 19. The molecule has 0 spiro atoms. The summed E-state index contributed by atoms with van der Waals surface area (Å²) in [6.07, 6.45) is 7.49. The number of carbonyl (C=O) groups excluding carboxylic acids is 4. The van der Waals surface area contributed by atoms with Crippen LogP contribution in [0.4, 0.5) is 4.39 Å². The molecule has 10 N–H and O–H groups in total. The molecule has 14 nitrogen and oxygen atoms in total. The molecule has 15 heteroatoms. The lowest BCUT2D eigenvalue weighted by atomic mass is 9.84. The fourth-order valence-electron chi connectivity index (χ4n) is 6.18. The van der Waals surface area contributed by atoms with Gasteiger partial charge in [-0.25, -0.2) is 9.37 Å². The van der Waals surface area contributed by atoms with Gasteiger partial charge >= 0.3 is 0 Å². The molecule has 1 fully saturated rings. The molecule has 1 heterocycles. The fraction of sp³-hybridized carbons (Fsp3) is 0.459. The van der Waals surface area contributed by atoms with E-state index in [2.05, 4.69) is 31.2 Å². The van der Waals surface area contributed by atoms with E-state index in [1.165, 1.54) is 12.1 Å². The number of aliphatic imine (C=N–C) groups is 1. The lowest BCUT2D eigenvalue weighted by Crippen LogP contribution is -2.54. The summed E-state index contributed by atoms with van der Waals surface area (Å²) in [5, 5.41) is 11.4. The van der Waals surface area contributed by atoms with Crippen LogP contribution in [0.2, 0.25) is 0 Å². The van der Waals surface area contributed by atoms with Crippen LogP contribution in [0.5, 0.6) is 0 Å². The summed E-state index contributed by atoms with van der Waals surface area (Å²) in [6, 6.07) is 12.5. The molecule has 1 aliphatic rings. The summed E-state index contributed by atoms with van der Waals surface area (Å²) in [6.45, 7) is 0.669. The van der Waals surface area contributed by atoms with Crippen LogP contribution in [0.25, 0.3) is 0 Å². The second-order valence-corrected chi connectivity index (χ2v) is 13.0. The highest BCUT2D eigenvalue weighted by molar-refractivity contribution is 5.97. The Hall–Kier alpha value is -5.31. The van der Waals surface area contributed by atoms with Crippen molar-refractivity contribution in [3.63, 3.8) is 0 Å². The molecule has 3 aromatic rings. The number of hydrogen-bond acceptors (Lipinski definition) is 8. The second-order valence-electron chi connectivity index (χ2n) is 13.0. The predicted octanol–water partition coefficient (Wildman–Crippen LogP) is 2.49. The van der Waals surface area contributed by atoms with Crippen LogP contribution in [-0.4, -0.2) is 59.7 Å². The maximum absolute atomic E-state index is 13.9. The van der Waals surface area contributed by atoms with Crippen LogP contribution in [0, 0.1) is 11.7 Å². The van der Waals surface area contributed by atoms with E-state index in [-0.39, 0.29) is 74.2 Å². The highest BCUT2D eigenvalue weighted by Crippen LogP contribution is 2.28. The van der Waals surface area contributed by atoms with Crippen LogP contribution in [0.1, 0.15) is 91.3 Å². The summed E-state index contributed by atoms with van der Waals surface area (Å²) < 4.78 is 19.2. The highest BCUT2D eigenvalue weighted by Gasteiger charge is 2.31. The standard InChI is InChI=1S/C37H50FN9O5/c38-27-15-13-25(14-16-27)21-30(44-32(48)17-18-39)36-47-31(23-52-36)35(51)46-29(20-24-8-3-1-4-9-24)34(50)45-28(12-7-19-42-37(40)41)33(49)43-22-26-10-5-2-6-11-26/h2,5-6,10-11,13-16,23-24,28-30H,1,3-4,7-9,12,17-22,39H2,(H,43,49)(H,44,48)(H,45,50)(H,46,51)(H4,40,41,42)/t28-,29-,30-/m0/s1. The largest absolute Gasteiger partial charge is 0.446 e. The van der Waals surface area contributed by atoms with E-state index in [1.807, 2.05) is 30.3 Å². The molecule has 52 heavy (non-hydrogen) atoms. The Bertz CT molecular complexity index is 1620. The first kappa shape index (κ1) is 39.5. The number of oxazole rings is 1. The summed E-state index contributed by atoms with van der Waals surface area (Å²) in [7, 11) is 0. The Morgan fingerprint density at radius 1 is 0.904 bits per heavy atom. The number of halogens is 1. The van der Waals surface area contributed by atoms with Crippen molar-refractivity contribution in [2.45, 2.75) is 88.9 Å². The van der Waals surface area contributed by atoms with Gasteiger partial charge in [0.25, 0.3) is 5.91 Å². The zero-order valence-corrected chi connectivity index (χ0v) is 29.3. The van der Waals surface area contributed by atoms with Crippen LogP contribution in [-0.2, 0) is 27.3 Å². The zero-order chi connectivity index (χ0) is 37.3. The average molecular weight is 720 g/mol. The summed E-state index contributed by atoms with van der Waals surface area (Å²) in [5.41, 5.74) is 18.0. The van der Waals surface area contributed by atoms with E-state index < -0.39 is 35.8 Å². The van der Waals surface area contributed by atoms with Crippen molar-refractivity contribution >= 4 is 29.6 Å². The Morgan fingerprint density at radius 3 is 2.33 bits per heavy atom. The van der Waals surface area contributed by atoms with E-state index in [0.717, 1.165) is 43.9 Å². The van der Waals surface area contributed by atoms with Gasteiger partial charge in [0.15, 0.2) is 11.7 Å². The molecule has 4 amide bonds. The van der Waals surface area contributed by atoms with Crippen LogP contribution >= 0.6 is 0 Å². The number of carbonyl (C=O) groups is 4. The van der Waals surface area contributed by atoms with E-state index in [9.17, 15) is 23.6 Å². The first-order valence-electron chi connectivity index (χ1n) is 17.8. The normalized spacial score (nSPS) is 14.7. The number of nitrogens with one attached hydrogen (secondary N) is 4. The topological polar surface area (TPSA) is 233 Å². The molecule has 4 rings (SSSR count). The van der Waals surface area contributed by atoms with Gasteiger partial charge in [-0.15, -0.1) is 0 Å². The fourth-order valence-corrected chi connectivity index (χ4v) is 6.18. The van der Waals surface area contributed by atoms with Gasteiger partial charge in [0.1, 0.15) is 30.2 Å². The van der Waals surface area contributed by atoms with Crippen molar-refractivity contribution in [1.29, 1.82) is 0 Å². The van der Waals surface area contributed by atoms with Crippen molar-refractivity contribution in [1.82, 2.24) is 26.3 Å². The zero-order valence-electron chi connectivity index (χ0n) is 29.3. The number of benzene rings is 2. The minimum absolute atomic E-state index is 0.0593. The van der Waals surface area contributed by atoms with E-state index in [4.69, 9.17) is 21.6 Å². The van der Waals surface area contributed by atoms with Gasteiger partial charge in [-0.05, 0) is 48.4 Å². The lowest BCUT2D eigenvalue weighted by Gasteiger charge is -2.28. The third kappa shape index (κ3) is 13.1. The van der Waals surface area contributed by atoms with Gasteiger partial charge in [0, 0.05) is 32.5 Å². The van der Waals surface area contributed by atoms with Crippen molar-refractivity contribution < 1.29 is 28.0 Å². The number of guanidine groups is 1. The monoisotopic (exact) mass is 719 g/mol. The van der Waals surface area contributed by atoms with Crippen molar-refractivity contribution in [2.75, 3.05) is 13.1 Å². The third-order valence-corrected chi connectivity index (χ3v) is 8.92. The van der Waals surface area contributed by atoms with E-state index in [0.29, 0.717) is 18.4 Å². The summed E-state index contributed by atoms with van der Waals surface area (Å²) in [5.74, 6) is -2.10. The number of amides is 4. The molecule has 0 bridgehead atoms. The molecule has 0 unspecified atom stereocenters. The molecule has 1 saturated carbocycles. The van der Waals surface area contributed by atoms with Crippen molar-refractivity contribution in [3.05, 3.63) is 89.4 Å². The number of aromatic nitrogens is 1. The molecule has 0 radical (unpaired) electrons. The minimum Gasteiger partial charge on any atom is -0.446 e. The lowest BCUT2D eigenvalue weighted by molar-refractivity contribution is -0.130. The Kier molecular flexibility index (Phi) is 15.6. The van der Waals surface area contributed by atoms with Crippen LogP contribution in [0.3, 0.4) is 0 Å². The van der Waals surface area contributed by atoms with Gasteiger partial charge in [0.05, 0.1) is 0 Å². The summed E-state index contributed by atoms with van der Waals surface area (Å²) in [4.78, 5) is 61.8. The molecule has 0 aliphatic heterocycles. The third-order valence-electron chi connectivity index (χ3n) is 8.92. The molecule has 0 saturated heterocycles. The predicted molar refractivity (Wildman–Crippen MR) is 194 cm³/mol. The van der Waals surface area contributed by atoms with Crippen LogP contribution in [0.15, 0.2) is 70.3 Å². The maximum Gasteiger partial charge on any atom is 0.273 e.